The van der Waals surface area contributed by atoms with Crippen LogP contribution in [0, 0.1) is 40.5 Å². The fourth-order valence-electron chi connectivity index (χ4n) is 21.7. The number of likely N-dealkylation sites (N-methyl/N-ethyl adjacent to an activating group) is 3. The summed E-state index contributed by atoms with van der Waals surface area (Å²) in [6.45, 7) is 43.4. The summed E-state index contributed by atoms with van der Waals surface area (Å²) >= 11 is 0. The fourth-order valence-corrected chi connectivity index (χ4v) is 21.7. The number of pyridine rings is 1. The molecule has 6 aromatic carbocycles. The van der Waals surface area contributed by atoms with E-state index >= 15 is 0 Å². The number of fused-ring (bicyclic) bond motifs is 6. The number of nitrogens with zero attached hydrogens (tertiary/aromatic N) is 24. The third kappa shape index (κ3) is 22.3. The number of ether oxygens (including phenoxy) is 3. The van der Waals surface area contributed by atoms with Crippen LogP contribution in [-0.2, 0) is 60.3 Å². The minimum atomic E-state index is -2.71. The van der Waals surface area contributed by atoms with Crippen LogP contribution in [-0.4, -0.2) is 293 Å². The summed E-state index contributed by atoms with van der Waals surface area (Å²) in [5.74, 6) is 1.81. The van der Waals surface area contributed by atoms with Gasteiger partial charge in [-0.25, -0.2) is 28.5 Å². The molecular formula is C109H124F2N24O6. The average Bonchev–Trinajstić information content (AvgIpc) is 1.17. The van der Waals surface area contributed by atoms with Crippen molar-refractivity contribution in [2.75, 3.05) is 188 Å². The second-order valence-corrected chi connectivity index (χ2v) is 38.4. The van der Waals surface area contributed by atoms with Crippen molar-refractivity contribution in [3.8, 4) is 18.0 Å². The lowest BCUT2D eigenvalue weighted by Gasteiger charge is -2.41. The molecule has 30 nitrogen and oxygen atoms in total. The van der Waals surface area contributed by atoms with Crippen LogP contribution in [0.1, 0.15) is 100 Å². The Morgan fingerprint density at radius 3 is 1.11 bits per heavy atom. The molecule has 0 aliphatic carbocycles. The van der Waals surface area contributed by atoms with E-state index in [1.165, 1.54) is 83.8 Å². The number of carbonyl (C=O) groups is 3. The molecule has 9 aliphatic heterocycles. The molecule has 0 radical (unpaired) electrons. The van der Waals surface area contributed by atoms with Crippen molar-refractivity contribution >= 4 is 96.7 Å². The number of hydrogen-bond acceptors (Lipinski definition) is 23. The van der Waals surface area contributed by atoms with Crippen molar-refractivity contribution < 1.29 is 37.4 Å². The number of rotatable bonds is 24. The molecule has 20 rings (SSSR count). The highest BCUT2D eigenvalue weighted by Crippen LogP contribution is 2.42. The number of amides is 3. The lowest BCUT2D eigenvalue weighted by Crippen LogP contribution is -2.56. The number of carbonyl (C=O) groups excluding carboxylic acids is 3. The normalized spacial score (nSPS) is 20.2. The molecule has 0 N–H and O–H groups in total. The number of anilines is 6. The summed E-state index contributed by atoms with van der Waals surface area (Å²) in [4.78, 5) is 111. The number of hydrogen-bond donors (Lipinski definition) is 0. The van der Waals surface area contributed by atoms with E-state index in [2.05, 4.69) is 220 Å². The molecule has 0 unspecified atom stereocenters. The van der Waals surface area contributed by atoms with E-state index in [1.807, 2.05) is 41.2 Å². The van der Waals surface area contributed by atoms with Crippen molar-refractivity contribution in [3.05, 3.63) is 266 Å². The van der Waals surface area contributed by atoms with Gasteiger partial charge in [0, 0.05) is 190 Å². The van der Waals surface area contributed by atoms with Crippen molar-refractivity contribution in [1.82, 2.24) is 74.1 Å². The molecule has 6 fully saturated rings. The lowest BCUT2D eigenvalue weighted by molar-refractivity contribution is -0.129. The van der Waals surface area contributed by atoms with Gasteiger partial charge in [0.25, 0.3) is 6.43 Å². The molecule has 730 valence electrons. The highest BCUT2D eigenvalue weighted by atomic mass is 19.3. The second kappa shape index (κ2) is 44.5. The Bertz CT molecular complexity index is 6580. The number of allylic oxidation sites excluding steroid dienone is 1. The fraction of sp³-hybridized carbons (Fsp3) is 0.431. The van der Waals surface area contributed by atoms with E-state index in [0.717, 1.165) is 153 Å². The molecule has 6 saturated heterocycles. The van der Waals surface area contributed by atoms with Gasteiger partial charge in [0.1, 0.15) is 55.4 Å². The molecule has 32 heteroatoms. The molecule has 9 aliphatic rings. The highest BCUT2D eigenvalue weighted by molar-refractivity contribution is 6.00. The lowest BCUT2D eigenvalue weighted by atomic mass is 9.99. The highest BCUT2D eigenvalue weighted by Gasteiger charge is 2.41. The van der Waals surface area contributed by atoms with E-state index < -0.39 is 18.4 Å². The number of benzene rings is 6. The van der Waals surface area contributed by atoms with Crippen LogP contribution in [0.3, 0.4) is 0 Å². The average molecular weight is 1900 g/mol. The number of aromatic nitrogens is 9. The molecule has 11 aromatic rings. The first-order valence-corrected chi connectivity index (χ1v) is 49.4. The Balaban J connectivity index is 0.000000140. The summed E-state index contributed by atoms with van der Waals surface area (Å²) in [5, 5.41) is 11.6. The predicted octanol–water partition coefficient (Wildman–Crippen LogP) is 14.1. The number of piperazine rings is 3. The maximum atomic E-state index is 13.4. The summed E-state index contributed by atoms with van der Waals surface area (Å²) in [6, 6.07) is 45.5. The van der Waals surface area contributed by atoms with Gasteiger partial charge in [-0.15, -0.1) is 0 Å². The van der Waals surface area contributed by atoms with E-state index in [9.17, 15) is 23.2 Å². The first-order valence-electron chi connectivity index (χ1n) is 49.4. The van der Waals surface area contributed by atoms with Gasteiger partial charge in [0.05, 0.1) is 48.6 Å². The van der Waals surface area contributed by atoms with E-state index in [-0.39, 0.29) is 43.5 Å². The summed E-state index contributed by atoms with van der Waals surface area (Å²) in [6.07, 6.45) is 19.8. The van der Waals surface area contributed by atoms with Crippen LogP contribution >= 0.6 is 0 Å². The van der Waals surface area contributed by atoms with Crippen LogP contribution in [0.25, 0.3) is 59.0 Å². The molecular weight excluding hydrogens is 1780 g/mol. The van der Waals surface area contributed by atoms with Gasteiger partial charge >= 0.3 is 18.0 Å². The Labute approximate surface area is 824 Å². The quantitative estimate of drug-likeness (QED) is 0.0403. The van der Waals surface area contributed by atoms with Gasteiger partial charge in [-0.1, -0.05) is 97.1 Å². The Morgan fingerprint density at radius 1 is 0.418 bits per heavy atom. The third-order valence-electron chi connectivity index (χ3n) is 29.3. The van der Waals surface area contributed by atoms with Crippen LogP contribution in [0.15, 0.2) is 170 Å². The standard InChI is InChI=1S/C38H42N8O2.C37H43N9O2.C34H39F2N7O2/c1-27-9-6-10-28-11-7-14-34(36(27)28)44-20-17-32-33(25-44)41-38(48-26-30-13-8-19-43(30)3)42-37(32)45-21-22-46(31(24-45)23-39-2)35(47)16-15-29-12-4-5-18-40-29;1-26-8-5-9-28-10-6-12-33(35(26)28)44-17-15-31-32(24-44)40-37(48-25-29-11-7-16-42(29)3)41-36(31)45-18-19-46(30(23-45)21-38-2)34(47)14-13-27-20-39-43(4)22-27;1-23-7-4-8-24-9-5-11-29(32(23)24)41-16-14-27-28(21-41)38-34(45-22-25-10-6-15-40(25)3)39-33(27)42-17-18-43(26(20-42)19-37-2)31(44)13-12-30(35)36/h4-7,9-12,14-16,18,30-31H,8,13,17,19-26H2,1,3H3;5-6,8-10,12-14,20,22,29-30H,7,11,15-19,21,23-25H2,1,3-4H3;4-5,7-9,11-13,25-26,30H,6,10,14-22H2,1,3H3/b16-15+;14-13+;13-12+/t30-,31-;29-,30-;25-,26-/m000/s1. The zero-order valence-corrected chi connectivity index (χ0v) is 81.6. The van der Waals surface area contributed by atoms with Crippen molar-refractivity contribution in [1.29, 1.82) is 0 Å². The molecule has 0 saturated carbocycles. The van der Waals surface area contributed by atoms with Gasteiger partial charge in [-0.3, -0.25) is 24.0 Å². The maximum Gasteiger partial charge on any atom is 0.318 e. The van der Waals surface area contributed by atoms with Crippen molar-refractivity contribution in [3.63, 3.8) is 0 Å². The number of likely N-dealkylation sites (tertiary alicyclic amines) is 3. The Hall–Kier alpha value is -14.3. The van der Waals surface area contributed by atoms with Gasteiger partial charge in [0.2, 0.25) is 37.4 Å². The van der Waals surface area contributed by atoms with Crippen molar-refractivity contribution in [2.24, 2.45) is 7.05 Å². The van der Waals surface area contributed by atoms with Crippen LogP contribution in [0.5, 0.6) is 18.0 Å². The largest absolute Gasteiger partial charge is 0.462 e. The molecule has 141 heavy (non-hydrogen) atoms. The summed E-state index contributed by atoms with van der Waals surface area (Å²) in [7, 11) is 8.25. The molecule has 5 aromatic heterocycles. The smallest absolute Gasteiger partial charge is 0.318 e. The zero-order chi connectivity index (χ0) is 97.7. The predicted molar refractivity (Wildman–Crippen MR) is 548 cm³/mol. The Kier molecular flexibility index (Phi) is 30.6. The van der Waals surface area contributed by atoms with Crippen molar-refractivity contribution in [2.45, 2.75) is 141 Å². The zero-order valence-electron chi connectivity index (χ0n) is 81.6. The number of alkyl halides is 2. The van der Waals surface area contributed by atoms with Gasteiger partial charge < -0.3 is 87.5 Å². The molecule has 6 atom stereocenters. The maximum absolute atomic E-state index is 13.4. The first-order chi connectivity index (χ1) is 68.7. The van der Waals surface area contributed by atoms with Crippen LogP contribution < -0.4 is 43.6 Å². The monoisotopic (exact) mass is 1900 g/mol. The van der Waals surface area contributed by atoms with Gasteiger partial charge in [0.15, 0.2) is 0 Å². The van der Waals surface area contributed by atoms with Crippen LogP contribution in [0.2, 0.25) is 0 Å². The number of halogens is 2. The first kappa shape index (κ1) is 97.0. The SMILES string of the molecule is [C-]#[N+]C[C@H]1CN(c2nc(OC[C@@H]3CCCN3C)nc3c2CCN(c2cccc4cccc(C)c24)C3)CCN1C(=O)/C=C/C(F)F.[C-]#[N+]C[C@H]1CN(c2nc(OC[C@@H]3CCCN3C)nc3c2CCN(c2cccc4cccc(C)c24)C3)CCN1C(=O)/C=C/c1ccccn1.[C-]#[N+]C[C@H]1CN(c2nc(OC[C@@H]3CCCN3C)nc3c2CCN(c2cccc4cccc(C)c24)C3)CCN1C(=O)/C=C/c1cnn(C)c1. The molecule has 0 bridgehead atoms. The minimum absolute atomic E-state index is 0.0730. The summed E-state index contributed by atoms with van der Waals surface area (Å²) in [5.41, 5.74) is 15.1. The van der Waals surface area contributed by atoms with E-state index in [4.69, 9.17) is 63.8 Å². The molecule has 0 spiro atoms. The second-order valence-electron chi connectivity index (χ2n) is 38.4. The van der Waals surface area contributed by atoms with E-state index in [0.29, 0.717) is 141 Å². The Morgan fingerprint density at radius 2 is 0.780 bits per heavy atom. The van der Waals surface area contributed by atoms with Gasteiger partial charge in [-0.2, -0.15) is 35.0 Å². The minimum Gasteiger partial charge on any atom is -0.462 e. The van der Waals surface area contributed by atoms with E-state index in [1.54, 1.807) is 41.4 Å². The van der Waals surface area contributed by atoms with Crippen LogP contribution in [0.4, 0.5) is 43.3 Å². The summed E-state index contributed by atoms with van der Waals surface area (Å²) < 4.78 is 46.2. The third-order valence-corrected chi connectivity index (χ3v) is 29.3. The molecule has 14 heterocycles. The number of aryl methyl sites for hydroxylation is 4. The van der Waals surface area contributed by atoms with Gasteiger partial charge in [-0.05, 0) is 201 Å². The topological polar surface area (TPSA) is 239 Å². The molecule has 3 amide bonds.